The Hall–Kier alpha value is -3.62. The van der Waals surface area contributed by atoms with Gasteiger partial charge in [0, 0.05) is 17.7 Å². The molecule has 17 heteroatoms. The second kappa shape index (κ2) is 12.4. The molecule has 2 aromatic rings. The van der Waals surface area contributed by atoms with Gasteiger partial charge < -0.3 is 85.0 Å². The van der Waals surface area contributed by atoms with Gasteiger partial charge in [-0.2, -0.15) is 0 Å². The minimum absolute atomic E-state index is 0.0287. The summed E-state index contributed by atoms with van der Waals surface area (Å²) in [5, 5.41) is 121. The van der Waals surface area contributed by atoms with Crippen LogP contribution in [0.25, 0.3) is 6.08 Å². The Morgan fingerprint density at radius 3 is 1.66 bits per heavy atom. The number of hydrogen-bond acceptors (Lipinski definition) is 17. The van der Waals surface area contributed by atoms with E-state index in [0.29, 0.717) is 0 Å². The van der Waals surface area contributed by atoms with Gasteiger partial charge in [0.2, 0.25) is 12.6 Å². The standard InChI is InChI=1S/C27H32O17/c28-6-16-19(34)21(36)23(38)26(43-16)40-9-3-11(30)10-5-15(42-27-24(39)22(37)20(35)17(7-29)44-27)25(41-14(10)4-9)8-1-12(31)18(33)13(32)2-8/h1-5,16-17,19-39H,6-7H2. The number of aliphatic hydroxyl groups is 8. The fourth-order valence-electron chi connectivity index (χ4n) is 5.00. The van der Waals surface area contributed by atoms with Crippen LogP contribution in [0.15, 0.2) is 30.0 Å². The molecule has 3 aliphatic rings. The highest BCUT2D eigenvalue weighted by molar-refractivity contribution is 5.70. The average Bonchev–Trinajstić information content (AvgIpc) is 3.00. The molecule has 0 saturated carbocycles. The first-order valence-corrected chi connectivity index (χ1v) is 13.3. The third kappa shape index (κ3) is 5.77. The molecule has 2 saturated heterocycles. The van der Waals surface area contributed by atoms with Crippen molar-refractivity contribution >= 4 is 6.08 Å². The largest absolute Gasteiger partial charge is 0.507 e. The quantitative estimate of drug-likeness (QED) is 0.136. The SMILES string of the molecule is OCC1OC(OC2=Cc3c(O)cc(OC4OC(CO)C(O)C(O)C4O)cc3OC2c2cc(O)c(O)c(O)c2)C(O)C(O)C1O. The highest BCUT2D eigenvalue weighted by Gasteiger charge is 2.47. The maximum absolute atomic E-state index is 10.8. The molecule has 5 rings (SSSR count). The first-order valence-electron chi connectivity index (χ1n) is 13.3. The van der Waals surface area contributed by atoms with Crippen LogP contribution in [0.1, 0.15) is 17.2 Å². The van der Waals surface area contributed by atoms with Crippen molar-refractivity contribution in [2.45, 2.75) is 67.5 Å². The molecule has 0 bridgehead atoms. The first kappa shape index (κ1) is 31.8. The van der Waals surface area contributed by atoms with Crippen LogP contribution in [0.3, 0.4) is 0 Å². The van der Waals surface area contributed by atoms with Gasteiger partial charge >= 0.3 is 0 Å². The zero-order chi connectivity index (χ0) is 32.0. The van der Waals surface area contributed by atoms with Crippen LogP contribution >= 0.6 is 0 Å². The van der Waals surface area contributed by atoms with Crippen molar-refractivity contribution in [3.8, 4) is 34.5 Å². The maximum atomic E-state index is 10.8. The second-order valence-electron chi connectivity index (χ2n) is 10.4. The molecule has 242 valence electrons. The summed E-state index contributed by atoms with van der Waals surface area (Å²) in [4.78, 5) is 0. The number of ether oxygens (including phenoxy) is 5. The van der Waals surface area contributed by atoms with Crippen molar-refractivity contribution in [2.24, 2.45) is 0 Å². The Balaban J connectivity index is 1.51. The van der Waals surface area contributed by atoms with Crippen molar-refractivity contribution < 1.29 is 85.0 Å². The average molecular weight is 629 g/mol. The molecular formula is C27H32O17. The molecule has 2 aromatic carbocycles. The molecular weight excluding hydrogens is 596 g/mol. The summed E-state index contributed by atoms with van der Waals surface area (Å²) in [6.45, 7) is -1.45. The second-order valence-corrected chi connectivity index (χ2v) is 10.4. The van der Waals surface area contributed by atoms with Crippen LogP contribution in [-0.4, -0.2) is 136 Å². The van der Waals surface area contributed by atoms with Crippen LogP contribution in [0.4, 0.5) is 0 Å². The molecule has 17 nitrogen and oxygen atoms in total. The third-order valence-electron chi connectivity index (χ3n) is 7.48. The predicted octanol–water partition coefficient (Wildman–Crippen LogP) is -3.02. The van der Waals surface area contributed by atoms with E-state index >= 15 is 0 Å². The molecule has 0 radical (unpaired) electrons. The molecule has 11 unspecified atom stereocenters. The van der Waals surface area contributed by atoms with Crippen molar-refractivity contribution in [1.82, 2.24) is 0 Å². The van der Waals surface area contributed by atoms with E-state index in [1.165, 1.54) is 12.1 Å². The number of phenols is 4. The van der Waals surface area contributed by atoms with Crippen molar-refractivity contribution in [1.29, 1.82) is 0 Å². The Labute approximate surface area is 247 Å². The Bertz CT molecular complexity index is 1360. The van der Waals surface area contributed by atoms with E-state index in [9.17, 15) is 61.3 Å². The van der Waals surface area contributed by atoms with Crippen molar-refractivity contribution in [3.63, 3.8) is 0 Å². The Morgan fingerprint density at radius 2 is 1.14 bits per heavy atom. The fraction of sp³-hybridized carbons (Fsp3) is 0.481. The number of aromatic hydroxyl groups is 4. The van der Waals surface area contributed by atoms with E-state index in [4.69, 9.17) is 23.7 Å². The van der Waals surface area contributed by atoms with Gasteiger partial charge in [-0.3, -0.25) is 0 Å². The van der Waals surface area contributed by atoms with E-state index in [0.717, 1.165) is 18.2 Å². The van der Waals surface area contributed by atoms with Crippen LogP contribution in [0.2, 0.25) is 0 Å². The molecule has 2 fully saturated rings. The summed E-state index contributed by atoms with van der Waals surface area (Å²) in [6, 6.07) is 4.33. The summed E-state index contributed by atoms with van der Waals surface area (Å²) < 4.78 is 28.1. The number of fused-ring (bicyclic) bond motifs is 1. The molecule has 0 amide bonds. The molecule has 44 heavy (non-hydrogen) atoms. The van der Waals surface area contributed by atoms with Gasteiger partial charge in [-0.05, 0) is 18.2 Å². The zero-order valence-corrected chi connectivity index (χ0v) is 22.6. The van der Waals surface area contributed by atoms with E-state index < -0.39 is 104 Å². The van der Waals surface area contributed by atoms with E-state index in [2.05, 4.69) is 0 Å². The summed E-state index contributed by atoms with van der Waals surface area (Å²) in [7, 11) is 0. The summed E-state index contributed by atoms with van der Waals surface area (Å²) in [5.74, 6) is -3.34. The maximum Gasteiger partial charge on any atom is 0.229 e. The molecule has 3 heterocycles. The Morgan fingerprint density at radius 1 is 0.614 bits per heavy atom. The topological polar surface area (TPSA) is 289 Å². The van der Waals surface area contributed by atoms with Gasteiger partial charge in [0.1, 0.15) is 71.8 Å². The molecule has 12 N–H and O–H groups in total. The van der Waals surface area contributed by atoms with E-state index in [1.807, 2.05) is 0 Å². The minimum Gasteiger partial charge on any atom is -0.507 e. The fourth-order valence-corrected chi connectivity index (χ4v) is 5.00. The minimum atomic E-state index is -1.83. The normalized spacial score (nSPS) is 35.3. The lowest BCUT2D eigenvalue weighted by molar-refractivity contribution is -0.293. The molecule has 0 aromatic heterocycles. The summed E-state index contributed by atoms with van der Waals surface area (Å²) >= 11 is 0. The van der Waals surface area contributed by atoms with Gasteiger partial charge in [-0.1, -0.05) is 0 Å². The van der Waals surface area contributed by atoms with Crippen LogP contribution in [-0.2, 0) is 14.2 Å². The number of benzene rings is 2. The van der Waals surface area contributed by atoms with Gasteiger partial charge in [-0.15, -0.1) is 0 Å². The molecule has 0 spiro atoms. The summed E-state index contributed by atoms with van der Waals surface area (Å²) in [6.07, 6.45) is -16.5. The molecule has 0 aliphatic carbocycles. The number of aliphatic hydroxyl groups excluding tert-OH is 8. The first-order chi connectivity index (χ1) is 20.8. The van der Waals surface area contributed by atoms with Gasteiger partial charge in [0.25, 0.3) is 0 Å². The van der Waals surface area contributed by atoms with E-state index in [1.54, 1.807) is 0 Å². The Kier molecular flexibility index (Phi) is 8.96. The summed E-state index contributed by atoms with van der Waals surface area (Å²) in [5.41, 5.74) is -0.0618. The smallest absolute Gasteiger partial charge is 0.229 e. The van der Waals surface area contributed by atoms with E-state index in [-0.39, 0.29) is 28.4 Å². The lowest BCUT2D eigenvalue weighted by atomic mass is 9.98. The van der Waals surface area contributed by atoms with Crippen molar-refractivity contribution in [3.05, 3.63) is 41.2 Å². The zero-order valence-electron chi connectivity index (χ0n) is 22.6. The predicted molar refractivity (Wildman–Crippen MR) is 140 cm³/mol. The lowest BCUT2D eigenvalue weighted by Gasteiger charge is -2.41. The van der Waals surface area contributed by atoms with Gasteiger partial charge in [-0.25, -0.2) is 0 Å². The lowest BCUT2D eigenvalue weighted by Crippen LogP contribution is -2.60. The van der Waals surface area contributed by atoms with Crippen LogP contribution in [0, 0.1) is 0 Å². The van der Waals surface area contributed by atoms with Crippen LogP contribution in [0.5, 0.6) is 34.5 Å². The molecule has 3 aliphatic heterocycles. The third-order valence-corrected chi connectivity index (χ3v) is 7.48. The van der Waals surface area contributed by atoms with Crippen LogP contribution < -0.4 is 9.47 Å². The van der Waals surface area contributed by atoms with Crippen molar-refractivity contribution in [2.75, 3.05) is 13.2 Å². The monoisotopic (exact) mass is 628 g/mol. The highest BCUT2D eigenvalue weighted by Crippen LogP contribution is 2.47. The highest BCUT2D eigenvalue weighted by atomic mass is 16.7. The van der Waals surface area contributed by atoms with Gasteiger partial charge in [0.05, 0.1) is 18.8 Å². The number of hydrogen-bond donors (Lipinski definition) is 12. The molecule has 11 atom stereocenters. The number of rotatable bonds is 7. The van der Waals surface area contributed by atoms with Gasteiger partial charge in [0.15, 0.2) is 23.4 Å². The number of phenolic OH excluding ortho intramolecular Hbond substituents is 4.